The van der Waals surface area contributed by atoms with Crippen molar-refractivity contribution in [2.45, 2.75) is 50.7 Å². The number of ether oxygens (including phenoxy) is 1. The van der Waals surface area contributed by atoms with Crippen LogP contribution in [0.25, 0.3) is 0 Å². The molecule has 0 saturated heterocycles. The molecule has 0 bridgehead atoms. The number of aliphatic hydroxyl groups excluding tert-OH is 1. The third-order valence-electron chi connectivity index (χ3n) is 3.80. The van der Waals surface area contributed by atoms with Crippen molar-refractivity contribution in [3.05, 3.63) is 23.9 Å². The summed E-state index contributed by atoms with van der Waals surface area (Å²) in [7, 11) is 0. The average Bonchev–Trinajstić information content (AvgIpc) is 2.40. The molecule has 4 heteroatoms. The van der Waals surface area contributed by atoms with Crippen LogP contribution < -0.4 is 5.73 Å². The lowest BCUT2D eigenvalue weighted by Crippen LogP contribution is -2.41. The number of anilines is 1. The SMILES string of the molecule is CCOC1(C(O)c2cccnc2N)CCCCC1. The highest BCUT2D eigenvalue weighted by Gasteiger charge is 2.41. The first-order chi connectivity index (χ1) is 8.69. The molecule has 1 aromatic rings. The molecule has 1 fully saturated rings. The molecule has 1 atom stereocenters. The van der Waals surface area contributed by atoms with E-state index in [-0.39, 0.29) is 0 Å². The van der Waals surface area contributed by atoms with Crippen molar-refractivity contribution in [2.75, 3.05) is 12.3 Å². The maximum Gasteiger partial charge on any atom is 0.129 e. The zero-order valence-electron chi connectivity index (χ0n) is 10.9. The minimum absolute atomic E-state index is 0.398. The van der Waals surface area contributed by atoms with Gasteiger partial charge in [0.15, 0.2) is 0 Å². The van der Waals surface area contributed by atoms with Gasteiger partial charge >= 0.3 is 0 Å². The van der Waals surface area contributed by atoms with Crippen LogP contribution >= 0.6 is 0 Å². The normalized spacial score (nSPS) is 20.6. The quantitative estimate of drug-likeness (QED) is 0.861. The van der Waals surface area contributed by atoms with E-state index in [1.54, 1.807) is 12.3 Å². The summed E-state index contributed by atoms with van der Waals surface area (Å²) in [5, 5.41) is 10.7. The van der Waals surface area contributed by atoms with Crippen LogP contribution in [0, 0.1) is 0 Å². The van der Waals surface area contributed by atoms with Crippen molar-refractivity contribution in [3.8, 4) is 0 Å². The van der Waals surface area contributed by atoms with Crippen molar-refractivity contribution >= 4 is 5.82 Å². The highest BCUT2D eigenvalue weighted by atomic mass is 16.5. The Morgan fingerprint density at radius 2 is 2.17 bits per heavy atom. The lowest BCUT2D eigenvalue weighted by Gasteiger charge is -2.41. The third-order valence-corrected chi connectivity index (χ3v) is 3.80. The molecule has 1 aromatic heterocycles. The summed E-state index contributed by atoms with van der Waals surface area (Å²) < 4.78 is 5.91. The summed E-state index contributed by atoms with van der Waals surface area (Å²) in [5.41, 5.74) is 6.06. The first-order valence-electron chi connectivity index (χ1n) is 6.72. The van der Waals surface area contributed by atoms with Gasteiger partial charge in [-0.05, 0) is 25.8 Å². The van der Waals surface area contributed by atoms with E-state index >= 15 is 0 Å². The van der Waals surface area contributed by atoms with Crippen LogP contribution in [0.5, 0.6) is 0 Å². The predicted octanol–water partition coefficient (Wildman–Crippen LogP) is 2.44. The van der Waals surface area contributed by atoms with Gasteiger partial charge in [-0.15, -0.1) is 0 Å². The Morgan fingerprint density at radius 3 is 2.78 bits per heavy atom. The van der Waals surface area contributed by atoms with Gasteiger partial charge in [-0.1, -0.05) is 25.3 Å². The summed E-state index contributed by atoms with van der Waals surface area (Å²) in [6.45, 7) is 2.58. The minimum Gasteiger partial charge on any atom is -0.385 e. The van der Waals surface area contributed by atoms with Crippen molar-refractivity contribution in [1.29, 1.82) is 0 Å². The van der Waals surface area contributed by atoms with E-state index in [1.807, 2.05) is 13.0 Å². The Kier molecular flexibility index (Phi) is 4.19. The summed E-state index contributed by atoms with van der Waals surface area (Å²) >= 11 is 0. The van der Waals surface area contributed by atoms with Crippen LogP contribution in [-0.2, 0) is 4.74 Å². The van der Waals surface area contributed by atoms with Gasteiger partial charge in [0.2, 0.25) is 0 Å². The van der Waals surface area contributed by atoms with Crippen LogP contribution in [-0.4, -0.2) is 22.3 Å². The Morgan fingerprint density at radius 1 is 1.44 bits per heavy atom. The summed E-state index contributed by atoms with van der Waals surface area (Å²) in [5.74, 6) is 0.398. The van der Waals surface area contributed by atoms with Crippen molar-refractivity contribution in [2.24, 2.45) is 0 Å². The van der Waals surface area contributed by atoms with Gasteiger partial charge in [-0.3, -0.25) is 0 Å². The molecule has 0 spiro atoms. The molecule has 3 N–H and O–H groups in total. The zero-order valence-corrected chi connectivity index (χ0v) is 10.9. The number of nitrogens with zero attached hydrogens (tertiary/aromatic N) is 1. The van der Waals surface area contributed by atoms with Crippen LogP contribution in [0.4, 0.5) is 5.82 Å². The second kappa shape index (κ2) is 5.67. The Balaban J connectivity index is 2.28. The molecular weight excluding hydrogens is 228 g/mol. The van der Waals surface area contributed by atoms with E-state index in [2.05, 4.69) is 4.98 Å². The highest BCUT2D eigenvalue weighted by molar-refractivity contribution is 5.41. The number of hydrogen-bond donors (Lipinski definition) is 2. The molecule has 1 heterocycles. The maximum absolute atomic E-state index is 10.7. The van der Waals surface area contributed by atoms with Crippen LogP contribution in [0.3, 0.4) is 0 Å². The van der Waals surface area contributed by atoms with Gasteiger partial charge in [-0.25, -0.2) is 4.98 Å². The molecule has 1 aliphatic carbocycles. The van der Waals surface area contributed by atoms with Crippen molar-refractivity contribution in [1.82, 2.24) is 4.98 Å². The number of nitrogen functional groups attached to an aromatic ring is 1. The first kappa shape index (κ1) is 13.3. The summed E-state index contributed by atoms with van der Waals surface area (Å²) in [4.78, 5) is 4.05. The van der Waals surface area contributed by atoms with E-state index < -0.39 is 11.7 Å². The van der Waals surface area contributed by atoms with Gasteiger partial charge in [0.1, 0.15) is 11.9 Å². The molecule has 4 nitrogen and oxygen atoms in total. The lowest BCUT2D eigenvalue weighted by atomic mass is 9.78. The van der Waals surface area contributed by atoms with E-state index in [0.29, 0.717) is 18.0 Å². The molecular formula is C14H22N2O2. The second-order valence-corrected chi connectivity index (χ2v) is 4.94. The average molecular weight is 250 g/mol. The topological polar surface area (TPSA) is 68.4 Å². The van der Waals surface area contributed by atoms with E-state index in [4.69, 9.17) is 10.5 Å². The fourth-order valence-corrected chi connectivity index (χ4v) is 2.88. The monoisotopic (exact) mass is 250 g/mol. The third kappa shape index (κ3) is 2.49. The molecule has 0 aromatic carbocycles. The van der Waals surface area contributed by atoms with Crippen molar-refractivity contribution in [3.63, 3.8) is 0 Å². The van der Waals surface area contributed by atoms with Gasteiger partial charge < -0.3 is 15.6 Å². The number of pyridine rings is 1. The van der Waals surface area contributed by atoms with Crippen molar-refractivity contribution < 1.29 is 9.84 Å². The van der Waals surface area contributed by atoms with Crippen LogP contribution in [0.2, 0.25) is 0 Å². The van der Waals surface area contributed by atoms with Gasteiger partial charge in [-0.2, -0.15) is 0 Å². The molecule has 0 amide bonds. The van der Waals surface area contributed by atoms with E-state index in [1.165, 1.54) is 6.42 Å². The molecule has 0 aliphatic heterocycles. The Bertz CT molecular complexity index is 384. The fourth-order valence-electron chi connectivity index (χ4n) is 2.88. The zero-order chi connectivity index (χ0) is 13.0. The van der Waals surface area contributed by atoms with Crippen LogP contribution in [0.15, 0.2) is 18.3 Å². The number of hydrogen-bond acceptors (Lipinski definition) is 4. The molecule has 18 heavy (non-hydrogen) atoms. The van der Waals surface area contributed by atoms with Crippen LogP contribution in [0.1, 0.15) is 50.7 Å². The molecule has 1 saturated carbocycles. The molecule has 1 unspecified atom stereocenters. The Labute approximate surface area is 108 Å². The molecule has 1 aliphatic rings. The summed E-state index contributed by atoms with van der Waals surface area (Å²) in [6, 6.07) is 3.64. The standard InChI is InChI=1S/C14H22N2O2/c1-2-18-14(8-4-3-5-9-14)12(17)11-7-6-10-16-13(11)15/h6-7,10,12,17H,2-5,8-9H2,1H3,(H2,15,16). The minimum atomic E-state index is -0.688. The van der Waals surface area contributed by atoms with E-state index in [0.717, 1.165) is 25.7 Å². The van der Waals surface area contributed by atoms with E-state index in [9.17, 15) is 5.11 Å². The first-order valence-corrected chi connectivity index (χ1v) is 6.72. The van der Waals surface area contributed by atoms with Gasteiger partial charge in [0.05, 0.1) is 5.60 Å². The fraction of sp³-hybridized carbons (Fsp3) is 0.643. The number of aromatic nitrogens is 1. The molecule has 2 rings (SSSR count). The summed E-state index contributed by atoms with van der Waals surface area (Å²) in [6.07, 6.45) is 6.12. The lowest BCUT2D eigenvalue weighted by molar-refractivity contribution is -0.141. The predicted molar refractivity (Wildman–Crippen MR) is 71.1 cm³/mol. The maximum atomic E-state index is 10.7. The largest absolute Gasteiger partial charge is 0.385 e. The smallest absolute Gasteiger partial charge is 0.129 e. The number of rotatable bonds is 4. The number of nitrogens with two attached hydrogens (primary N) is 1. The molecule has 100 valence electrons. The van der Waals surface area contributed by atoms with Gasteiger partial charge in [0, 0.05) is 18.4 Å². The Hall–Kier alpha value is -1.13. The van der Waals surface area contributed by atoms with Gasteiger partial charge in [0.25, 0.3) is 0 Å². The highest BCUT2D eigenvalue weighted by Crippen LogP contribution is 2.42. The second-order valence-electron chi connectivity index (χ2n) is 4.94. The number of aliphatic hydroxyl groups is 1. The molecule has 0 radical (unpaired) electrons.